The van der Waals surface area contributed by atoms with Gasteiger partial charge in [0, 0.05) is 82.7 Å². The van der Waals surface area contributed by atoms with Crippen LogP contribution in [0.2, 0.25) is 0 Å². The molecule has 1 aliphatic heterocycles. The van der Waals surface area contributed by atoms with E-state index in [1.54, 1.807) is 18.0 Å². The van der Waals surface area contributed by atoms with Gasteiger partial charge in [0.2, 0.25) is 0 Å². The summed E-state index contributed by atoms with van der Waals surface area (Å²) in [5, 5.41) is 13.0. The highest BCUT2D eigenvalue weighted by atomic mass is 16.5. The van der Waals surface area contributed by atoms with Crippen molar-refractivity contribution >= 4 is 0 Å². The quantitative estimate of drug-likeness (QED) is 0.687. The summed E-state index contributed by atoms with van der Waals surface area (Å²) in [6.45, 7) is 2.56. The zero-order chi connectivity index (χ0) is 18.1. The van der Waals surface area contributed by atoms with E-state index in [1.165, 1.54) is 5.56 Å². The molecule has 0 aliphatic carbocycles. The van der Waals surface area contributed by atoms with Crippen LogP contribution in [0.4, 0.5) is 0 Å². The molecule has 26 heavy (non-hydrogen) atoms. The van der Waals surface area contributed by atoms with Gasteiger partial charge < -0.3 is 4.74 Å². The van der Waals surface area contributed by atoms with Gasteiger partial charge in [-0.05, 0) is 12.1 Å². The molecule has 2 atom stereocenters. The Balaban J connectivity index is 1.55. The molecule has 0 radical (unpaired) electrons. The molecule has 0 saturated carbocycles. The Morgan fingerprint density at radius 1 is 1.19 bits per heavy atom. The van der Waals surface area contributed by atoms with Crippen molar-refractivity contribution in [3.63, 3.8) is 0 Å². The first-order valence-corrected chi connectivity index (χ1v) is 8.68. The SMILES string of the molecule is CO[C@@H]1CN(Cc2cn(C)nc2-c2cccnc2)C[C@H]1c1cn(C)nn1. The number of pyridine rings is 1. The normalized spacial score (nSPS) is 20.7. The van der Waals surface area contributed by atoms with Gasteiger partial charge in [-0.25, -0.2) is 0 Å². The Labute approximate surface area is 152 Å². The summed E-state index contributed by atoms with van der Waals surface area (Å²) >= 11 is 0. The Morgan fingerprint density at radius 3 is 2.77 bits per heavy atom. The summed E-state index contributed by atoms with van der Waals surface area (Å²) in [6, 6.07) is 3.98. The summed E-state index contributed by atoms with van der Waals surface area (Å²) in [5.41, 5.74) is 4.20. The predicted octanol–water partition coefficient (Wildman–Crippen LogP) is 1.23. The van der Waals surface area contributed by atoms with E-state index < -0.39 is 0 Å². The molecule has 0 spiro atoms. The second-order valence-corrected chi connectivity index (χ2v) is 6.81. The third-order valence-corrected chi connectivity index (χ3v) is 4.88. The maximum atomic E-state index is 5.73. The summed E-state index contributed by atoms with van der Waals surface area (Å²) in [7, 11) is 5.61. The maximum Gasteiger partial charge on any atom is 0.0983 e. The van der Waals surface area contributed by atoms with Crippen LogP contribution in [0.3, 0.4) is 0 Å². The zero-order valence-electron chi connectivity index (χ0n) is 15.3. The third-order valence-electron chi connectivity index (χ3n) is 4.88. The van der Waals surface area contributed by atoms with Crippen LogP contribution in [0.15, 0.2) is 36.9 Å². The highest BCUT2D eigenvalue weighted by Gasteiger charge is 2.36. The Morgan fingerprint density at radius 2 is 2.08 bits per heavy atom. The maximum absolute atomic E-state index is 5.73. The van der Waals surface area contributed by atoms with Crippen molar-refractivity contribution in [3.8, 4) is 11.3 Å². The van der Waals surface area contributed by atoms with Gasteiger partial charge in [0.25, 0.3) is 0 Å². The van der Waals surface area contributed by atoms with Gasteiger partial charge >= 0.3 is 0 Å². The first kappa shape index (κ1) is 16.9. The molecule has 0 amide bonds. The fourth-order valence-electron chi connectivity index (χ4n) is 3.68. The average Bonchev–Trinajstić information content (AvgIpc) is 3.34. The third kappa shape index (κ3) is 3.25. The Kier molecular flexibility index (Phi) is 4.52. The molecule has 3 aromatic rings. The van der Waals surface area contributed by atoms with E-state index in [2.05, 4.69) is 31.5 Å². The molecule has 1 fully saturated rings. The van der Waals surface area contributed by atoms with Crippen molar-refractivity contribution in [1.82, 2.24) is 34.7 Å². The van der Waals surface area contributed by atoms with Crippen LogP contribution in [0.5, 0.6) is 0 Å². The lowest BCUT2D eigenvalue weighted by molar-refractivity contribution is 0.0957. The largest absolute Gasteiger partial charge is 0.379 e. The van der Waals surface area contributed by atoms with E-state index in [0.29, 0.717) is 0 Å². The van der Waals surface area contributed by atoms with E-state index in [1.807, 2.05) is 43.3 Å². The summed E-state index contributed by atoms with van der Waals surface area (Å²) < 4.78 is 9.33. The number of ether oxygens (including phenoxy) is 1. The van der Waals surface area contributed by atoms with Crippen LogP contribution in [0.25, 0.3) is 11.3 Å². The van der Waals surface area contributed by atoms with Crippen molar-refractivity contribution in [2.75, 3.05) is 20.2 Å². The second-order valence-electron chi connectivity index (χ2n) is 6.81. The highest BCUT2D eigenvalue weighted by molar-refractivity contribution is 5.61. The highest BCUT2D eigenvalue weighted by Crippen LogP contribution is 2.30. The molecule has 0 aromatic carbocycles. The van der Waals surface area contributed by atoms with E-state index >= 15 is 0 Å². The molecule has 8 nitrogen and oxygen atoms in total. The van der Waals surface area contributed by atoms with Gasteiger partial charge in [0.15, 0.2) is 0 Å². The fraction of sp³-hybridized carbons (Fsp3) is 0.444. The first-order chi connectivity index (χ1) is 12.6. The molecule has 0 bridgehead atoms. The number of aromatic nitrogens is 6. The lowest BCUT2D eigenvalue weighted by atomic mass is 10.0. The summed E-state index contributed by atoms with van der Waals surface area (Å²) in [4.78, 5) is 6.62. The van der Waals surface area contributed by atoms with Gasteiger partial charge in [0.1, 0.15) is 0 Å². The molecule has 4 rings (SSSR count). The minimum atomic E-state index is 0.116. The molecule has 0 N–H and O–H groups in total. The molecule has 136 valence electrons. The van der Waals surface area contributed by atoms with E-state index in [0.717, 1.165) is 36.6 Å². The van der Waals surface area contributed by atoms with Crippen molar-refractivity contribution in [3.05, 3.63) is 48.2 Å². The van der Waals surface area contributed by atoms with Gasteiger partial charge in [-0.3, -0.25) is 19.2 Å². The van der Waals surface area contributed by atoms with Crippen LogP contribution >= 0.6 is 0 Å². The summed E-state index contributed by atoms with van der Waals surface area (Å²) in [5.74, 6) is 0.229. The number of aryl methyl sites for hydroxylation is 2. The Hall–Kier alpha value is -2.58. The molecular weight excluding hydrogens is 330 g/mol. The molecule has 0 unspecified atom stereocenters. The van der Waals surface area contributed by atoms with Crippen molar-refractivity contribution in [2.24, 2.45) is 14.1 Å². The zero-order valence-corrected chi connectivity index (χ0v) is 15.3. The van der Waals surface area contributed by atoms with Crippen molar-refractivity contribution < 1.29 is 4.74 Å². The number of nitrogens with zero attached hydrogens (tertiary/aromatic N) is 7. The standard InChI is InChI=1S/C18H23N7O/c1-23-8-14(18(21-23)13-5-4-6-19-7-13)9-25-10-15(17(12-25)26-3)16-11-24(2)22-20-16/h4-8,11,15,17H,9-10,12H2,1-3H3/t15-,17+/m0/s1. The monoisotopic (exact) mass is 353 g/mol. The molecular formula is C18H23N7O. The summed E-state index contributed by atoms with van der Waals surface area (Å²) in [6.07, 6.45) is 7.81. The molecule has 1 aliphatic rings. The van der Waals surface area contributed by atoms with Crippen LogP contribution in [0.1, 0.15) is 17.2 Å². The first-order valence-electron chi connectivity index (χ1n) is 8.68. The molecule has 1 saturated heterocycles. The van der Waals surface area contributed by atoms with Crippen LogP contribution < -0.4 is 0 Å². The van der Waals surface area contributed by atoms with Gasteiger partial charge in [-0.1, -0.05) is 5.21 Å². The molecule has 3 aromatic heterocycles. The lowest BCUT2D eigenvalue weighted by Crippen LogP contribution is -2.22. The van der Waals surface area contributed by atoms with Gasteiger partial charge in [-0.2, -0.15) is 5.10 Å². The number of hydrogen-bond donors (Lipinski definition) is 0. The molecule has 4 heterocycles. The van der Waals surface area contributed by atoms with Gasteiger partial charge in [0.05, 0.1) is 17.5 Å². The minimum Gasteiger partial charge on any atom is -0.379 e. The number of rotatable bonds is 5. The van der Waals surface area contributed by atoms with E-state index in [-0.39, 0.29) is 12.0 Å². The number of likely N-dealkylation sites (tertiary alicyclic amines) is 1. The second kappa shape index (κ2) is 6.97. The van der Waals surface area contributed by atoms with Crippen molar-refractivity contribution in [1.29, 1.82) is 0 Å². The lowest BCUT2D eigenvalue weighted by Gasteiger charge is -2.15. The van der Waals surface area contributed by atoms with Crippen LogP contribution in [0, 0.1) is 0 Å². The average molecular weight is 353 g/mol. The predicted molar refractivity (Wildman–Crippen MR) is 96.3 cm³/mol. The molecule has 8 heteroatoms. The Bertz CT molecular complexity index is 873. The smallest absolute Gasteiger partial charge is 0.0983 e. The van der Waals surface area contributed by atoms with Gasteiger partial charge in [-0.15, -0.1) is 5.10 Å². The van der Waals surface area contributed by atoms with Crippen molar-refractivity contribution in [2.45, 2.75) is 18.6 Å². The fourth-order valence-corrected chi connectivity index (χ4v) is 3.68. The minimum absolute atomic E-state index is 0.116. The van der Waals surface area contributed by atoms with E-state index in [4.69, 9.17) is 4.74 Å². The topological polar surface area (TPSA) is 73.9 Å². The van der Waals surface area contributed by atoms with E-state index in [9.17, 15) is 0 Å². The van der Waals surface area contributed by atoms with Crippen LogP contribution in [-0.4, -0.2) is 61.0 Å². The van der Waals surface area contributed by atoms with Crippen LogP contribution in [-0.2, 0) is 25.4 Å². The number of methoxy groups -OCH3 is 1. The number of hydrogen-bond acceptors (Lipinski definition) is 6.